The molecule has 1 aliphatic heterocycles. The first kappa shape index (κ1) is 21.1. The zero-order valence-electron chi connectivity index (χ0n) is 17.7. The molecule has 1 heterocycles. The minimum Gasteiger partial charge on any atom is -0.375 e. The largest absolute Gasteiger partial charge is 0.375 e. The second-order valence-corrected chi connectivity index (χ2v) is 7.45. The Bertz CT molecular complexity index is 1160. The first-order chi connectivity index (χ1) is 15.5. The van der Waals surface area contributed by atoms with Crippen molar-refractivity contribution in [3.8, 4) is 0 Å². The van der Waals surface area contributed by atoms with Crippen molar-refractivity contribution in [1.82, 2.24) is 0 Å². The fourth-order valence-corrected chi connectivity index (χ4v) is 3.58. The van der Waals surface area contributed by atoms with Gasteiger partial charge in [0.15, 0.2) is 0 Å². The van der Waals surface area contributed by atoms with Crippen molar-refractivity contribution >= 4 is 40.5 Å². The van der Waals surface area contributed by atoms with Gasteiger partial charge in [0.1, 0.15) is 6.54 Å². The molecule has 0 saturated carbocycles. The van der Waals surface area contributed by atoms with E-state index in [1.54, 1.807) is 42.5 Å². The van der Waals surface area contributed by atoms with Gasteiger partial charge in [-0.3, -0.25) is 19.3 Å². The highest BCUT2D eigenvalue weighted by atomic mass is 16.2. The maximum Gasteiger partial charge on any atom is 0.257 e. The lowest BCUT2D eigenvalue weighted by atomic mass is 10.1. The quantitative estimate of drug-likeness (QED) is 0.555. The molecule has 0 fully saturated rings. The van der Waals surface area contributed by atoms with Gasteiger partial charge < -0.3 is 16.0 Å². The molecule has 7 nitrogen and oxygen atoms in total. The van der Waals surface area contributed by atoms with Gasteiger partial charge in [-0.25, -0.2) is 0 Å². The van der Waals surface area contributed by atoms with E-state index in [4.69, 9.17) is 0 Å². The fourth-order valence-electron chi connectivity index (χ4n) is 3.58. The first-order valence-electron chi connectivity index (χ1n) is 10.5. The van der Waals surface area contributed by atoms with E-state index in [0.717, 1.165) is 6.42 Å². The Balaban J connectivity index is 1.46. The van der Waals surface area contributed by atoms with E-state index in [2.05, 4.69) is 22.9 Å². The number of aryl methyl sites for hydroxylation is 1. The minimum absolute atomic E-state index is 0.0482. The van der Waals surface area contributed by atoms with Gasteiger partial charge in [-0.1, -0.05) is 43.3 Å². The van der Waals surface area contributed by atoms with Crippen LogP contribution in [0.3, 0.4) is 0 Å². The zero-order valence-corrected chi connectivity index (χ0v) is 17.7. The molecule has 0 bridgehead atoms. The molecule has 0 aromatic heterocycles. The zero-order chi connectivity index (χ0) is 22.5. The molecule has 32 heavy (non-hydrogen) atoms. The highest BCUT2D eigenvalue weighted by molar-refractivity contribution is 6.11. The number of nitrogens with one attached hydrogen (secondary N) is 3. The van der Waals surface area contributed by atoms with Crippen molar-refractivity contribution in [2.45, 2.75) is 13.3 Å². The smallest absolute Gasteiger partial charge is 0.257 e. The predicted octanol–water partition coefficient (Wildman–Crippen LogP) is 3.90. The molecule has 162 valence electrons. The summed E-state index contributed by atoms with van der Waals surface area (Å²) < 4.78 is 0. The molecule has 3 amide bonds. The van der Waals surface area contributed by atoms with Crippen LogP contribution in [-0.4, -0.2) is 30.8 Å². The van der Waals surface area contributed by atoms with Crippen LogP contribution in [0.25, 0.3) is 0 Å². The number of para-hydroxylation sites is 3. The summed E-state index contributed by atoms with van der Waals surface area (Å²) in [5, 5.41) is 8.72. The maximum absolute atomic E-state index is 12.9. The van der Waals surface area contributed by atoms with Gasteiger partial charge in [-0.05, 0) is 48.4 Å². The first-order valence-corrected chi connectivity index (χ1v) is 10.5. The van der Waals surface area contributed by atoms with Crippen molar-refractivity contribution in [3.63, 3.8) is 0 Å². The number of hydrogen-bond donors (Lipinski definition) is 3. The molecule has 3 N–H and O–H groups in total. The fraction of sp³-hybridized carbons (Fsp3) is 0.160. The number of amides is 3. The third-order valence-electron chi connectivity index (χ3n) is 5.29. The van der Waals surface area contributed by atoms with Crippen LogP contribution in [-0.2, 0) is 16.0 Å². The lowest BCUT2D eigenvalue weighted by Gasteiger charge is -2.29. The van der Waals surface area contributed by atoms with E-state index >= 15 is 0 Å². The molecule has 0 aliphatic carbocycles. The predicted molar refractivity (Wildman–Crippen MR) is 126 cm³/mol. The Kier molecular flexibility index (Phi) is 6.17. The summed E-state index contributed by atoms with van der Waals surface area (Å²) in [5.41, 5.74) is 4.12. The highest BCUT2D eigenvalue weighted by Gasteiger charge is 2.26. The number of rotatable bonds is 6. The number of carbonyl (C=O) groups is 3. The van der Waals surface area contributed by atoms with Gasteiger partial charge in [0.25, 0.3) is 5.91 Å². The van der Waals surface area contributed by atoms with Crippen LogP contribution < -0.4 is 20.9 Å². The Labute approximate surface area is 186 Å². The summed E-state index contributed by atoms with van der Waals surface area (Å²) in [6.07, 6.45) is 0.929. The number of anilines is 4. The van der Waals surface area contributed by atoms with E-state index in [-0.39, 0.29) is 30.8 Å². The summed E-state index contributed by atoms with van der Waals surface area (Å²) in [4.78, 5) is 39.2. The Hall–Kier alpha value is -4.13. The van der Waals surface area contributed by atoms with Crippen LogP contribution in [0.5, 0.6) is 0 Å². The van der Waals surface area contributed by atoms with E-state index in [1.165, 1.54) is 10.5 Å². The average molecular weight is 428 g/mol. The molecular formula is C25H24N4O3. The topological polar surface area (TPSA) is 90.5 Å². The van der Waals surface area contributed by atoms with Gasteiger partial charge in [-0.15, -0.1) is 0 Å². The molecule has 3 aromatic carbocycles. The van der Waals surface area contributed by atoms with Crippen LogP contribution >= 0.6 is 0 Å². The minimum atomic E-state index is -0.271. The van der Waals surface area contributed by atoms with Crippen molar-refractivity contribution in [3.05, 3.63) is 83.9 Å². The second kappa shape index (κ2) is 9.34. The standard InChI is InChI=1S/C25H24N4O3/c1-2-17-11-13-18(14-12-17)27-25(32)19-7-3-4-8-20(19)26-15-24(31)29-16-23(30)28-21-9-5-6-10-22(21)29/h3-14,26H,2,15-16H2,1H3,(H,27,32)(H,28,30). The highest BCUT2D eigenvalue weighted by Crippen LogP contribution is 2.29. The van der Waals surface area contributed by atoms with Crippen LogP contribution in [0.1, 0.15) is 22.8 Å². The van der Waals surface area contributed by atoms with Gasteiger partial charge in [0.2, 0.25) is 11.8 Å². The molecule has 0 atom stereocenters. The molecule has 1 aliphatic rings. The lowest BCUT2D eigenvalue weighted by molar-refractivity contribution is -0.120. The average Bonchev–Trinajstić information content (AvgIpc) is 2.82. The Morgan fingerprint density at radius 3 is 2.47 bits per heavy atom. The second-order valence-electron chi connectivity index (χ2n) is 7.45. The van der Waals surface area contributed by atoms with E-state index in [0.29, 0.717) is 28.3 Å². The molecule has 0 unspecified atom stereocenters. The summed E-state index contributed by atoms with van der Waals surface area (Å²) in [5.74, 6) is -0.781. The number of fused-ring (bicyclic) bond motifs is 1. The number of hydrogen-bond acceptors (Lipinski definition) is 4. The van der Waals surface area contributed by atoms with Crippen molar-refractivity contribution < 1.29 is 14.4 Å². The van der Waals surface area contributed by atoms with Crippen molar-refractivity contribution in [2.75, 3.05) is 33.9 Å². The van der Waals surface area contributed by atoms with E-state index in [1.807, 2.05) is 30.3 Å². The normalized spacial score (nSPS) is 12.5. The molecular weight excluding hydrogens is 404 g/mol. The van der Waals surface area contributed by atoms with Crippen LogP contribution in [0.4, 0.5) is 22.7 Å². The summed E-state index contributed by atoms with van der Waals surface area (Å²) in [7, 11) is 0. The molecule has 3 aromatic rings. The van der Waals surface area contributed by atoms with Crippen molar-refractivity contribution in [1.29, 1.82) is 0 Å². The maximum atomic E-state index is 12.9. The monoisotopic (exact) mass is 428 g/mol. The number of carbonyl (C=O) groups excluding carboxylic acids is 3. The SMILES string of the molecule is CCc1ccc(NC(=O)c2ccccc2NCC(=O)N2CC(=O)Nc3ccccc32)cc1. The third kappa shape index (κ3) is 4.62. The van der Waals surface area contributed by atoms with Gasteiger partial charge >= 0.3 is 0 Å². The Morgan fingerprint density at radius 2 is 1.69 bits per heavy atom. The van der Waals surface area contributed by atoms with Gasteiger partial charge in [0.05, 0.1) is 23.5 Å². The molecule has 7 heteroatoms. The molecule has 4 rings (SSSR count). The lowest BCUT2D eigenvalue weighted by Crippen LogP contribution is -2.44. The van der Waals surface area contributed by atoms with Crippen LogP contribution in [0, 0.1) is 0 Å². The number of benzene rings is 3. The molecule has 0 spiro atoms. The Morgan fingerprint density at radius 1 is 0.969 bits per heavy atom. The summed E-state index contributed by atoms with van der Waals surface area (Å²) in [6.45, 7) is 1.97. The summed E-state index contributed by atoms with van der Waals surface area (Å²) >= 11 is 0. The van der Waals surface area contributed by atoms with Crippen LogP contribution in [0.15, 0.2) is 72.8 Å². The molecule has 0 radical (unpaired) electrons. The third-order valence-corrected chi connectivity index (χ3v) is 5.29. The van der Waals surface area contributed by atoms with Crippen LogP contribution in [0.2, 0.25) is 0 Å². The van der Waals surface area contributed by atoms with E-state index < -0.39 is 0 Å². The number of nitrogens with zero attached hydrogens (tertiary/aromatic N) is 1. The summed E-state index contributed by atoms with van der Waals surface area (Å²) in [6, 6.07) is 21.9. The molecule has 0 saturated heterocycles. The van der Waals surface area contributed by atoms with E-state index in [9.17, 15) is 14.4 Å². The van der Waals surface area contributed by atoms with Crippen molar-refractivity contribution in [2.24, 2.45) is 0 Å². The van der Waals surface area contributed by atoms with Gasteiger partial charge in [-0.2, -0.15) is 0 Å². The van der Waals surface area contributed by atoms with Gasteiger partial charge in [0, 0.05) is 11.4 Å².